The molecule has 470 valence electrons. The molecule has 0 spiro atoms. The first kappa shape index (κ1) is 78.7. The number of benzene rings is 8. The molecule has 0 radical (unpaired) electrons. The zero-order valence-electron chi connectivity index (χ0n) is 58.1. The number of rotatable bonds is 19. The second-order valence-electron chi connectivity index (χ2n) is 21.6. The van der Waals surface area contributed by atoms with Crippen LogP contribution in [-0.2, 0) is 70.6 Å². The Morgan fingerprint density at radius 3 is 1.09 bits per heavy atom. The summed E-state index contributed by atoms with van der Waals surface area (Å²) in [6.07, 6.45) is 27.4. The summed E-state index contributed by atoms with van der Waals surface area (Å²) in [5, 5.41) is 0. The molecule has 0 saturated carbocycles. The first-order valence-electron chi connectivity index (χ1n) is 32.8. The highest BCUT2D eigenvalue weighted by Gasteiger charge is 2.04. The third kappa shape index (κ3) is 28.6. The van der Waals surface area contributed by atoms with Gasteiger partial charge in [0.2, 0.25) is 0 Å². The Labute approximate surface area is 545 Å². The smallest absolute Gasteiger partial charge is 0.0199 e. The molecule has 0 fully saturated rings. The molecule has 0 saturated heterocycles. The van der Waals surface area contributed by atoms with Gasteiger partial charge in [0.1, 0.15) is 0 Å². The average molecular weight is 1180 g/mol. The molecule has 0 unspecified atom stereocenters. The molecule has 0 heterocycles. The van der Waals surface area contributed by atoms with Crippen LogP contribution in [0.2, 0.25) is 0 Å². The zero-order chi connectivity index (χ0) is 66.5. The fourth-order valence-corrected chi connectivity index (χ4v) is 10.3. The van der Waals surface area contributed by atoms with E-state index in [1.165, 1.54) is 122 Å². The van der Waals surface area contributed by atoms with Gasteiger partial charge < -0.3 is 0 Å². The summed E-state index contributed by atoms with van der Waals surface area (Å²) in [5.41, 5.74) is 29.5. The molecule has 0 aliphatic rings. The Kier molecular flexibility index (Phi) is 41.4. The van der Waals surface area contributed by atoms with Crippen molar-refractivity contribution < 1.29 is 0 Å². The van der Waals surface area contributed by atoms with Crippen LogP contribution in [0.15, 0.2) is 210 Å². The molecule has 0 heteroatoms. The predicted octanol–water partition coefficient (Wildman–Crippen LogP) is 25.7. The third-order valence-electron chi connectivity index (χ3n) is 15.7. The topological polar surface area (TPSA) is 0 Å². The molecule has 0 aliphatic heterocycles. The van der Waals surface area contributed by atoms with Gasteiger partial charge in [-0.3, -0.25) is 0 Å². The van der Waals surface area contributed by atoms with Crippen LogP contribution in [0.4, 0.5) is 0 Å². The van der Waals surface area contributed by atoms with Crippen molar-refractivity contribution in [3.05, 3.63) is 333 Å². The van der Waals surface area contributed by atoms with Crippen molar-refractivity contribution in [1.29, 1.82) is 0 Å². The largest absolute Gasteiger partial charge is 0.0985 e. The average Bonchev–Trinajstić information content (AvgIpc) is 3.71. The van der Waals surface area contributed by atoms with Crippen molar-refractivity contribution >= 4 is 48.6 Å². The lowest BCUT2D eigenvalue weighted by atomic mass is 9.97. The van der Waals surface area contributed by atoms with Crippen LogP contribution in [-0.4, -0.2) is 0 Å². The molecular weight excluding hydrogens is 1070 g/mol. The van der Waals surface area contributed by atoms with Crippen molar-refractivity contribution in [2.45, 2.75) is 168 Å². The van der Waals surface area contributed by atoms with Crippen LogP contribution < -0.4 is 0 Å². The zero-order valence-corrected chi connectivity index (χ0v) is 58.1. The lowest BCUT2D eigenvalue weighted by Gasteiger charge is -2.08. The third-order valence-corrected chi connectivity index (χ3v) is 15.7. The maximum atomic E-state index is 3.85. The standard InChI is InChI=1S/4C12H16.C11H14.3C10H12/c1-4-10-7-11(5-2)9-12(6-3)8-10;1-4-10-7-8-11(5-2)12(6-3)9-10;2*1-4-10-8-7-9-11(5-2)12(10)6-3;1-5-11-9(3)6-8(2)7-10(11)4;1-3-9-5-7-10(4-2)8-6-9;1-3-9-6-5-7-10(4-2)8-9;1-3-9-7-5-6-8-10(9)4-2/h4,7-9H,1,5-6H2,2-3H3;5,7-9H,2,4,6H2,1,3H3;6-9H,3-5H2,1-2H3;4,7-9H,1,5-6H2,2-3H3;5-7H,1H2,2-4H3;3*3,5-8H,1,4H2,2H3. The lowest BCUT2D eigenvalue weighted by molar-refractivity contribution is 1.03. The van der Waals surface area contributed by atoms with Gasteiger partial charge in [0.05, 0.1) is 0 Å². The van der Waals surface area contributed by atoms with E-state index in [0.29, 0.717) is 0 Å². The van der Waals surface area contributed by atoms with Gasteiger partial charge in [-0.2, -0.15) is 0 Å². The predicted molar refractivity (Wildman–Crippen MR) is 410 cm³/mol. The summed E-state index contributed by atoms with van der Waals surface area (Å²) in [6.45, 7) is 60.5. The second kappa shape index (κ2) is 46.8. The van der Waals surface area contributed by atoms with Crippen LogP contribution in [0.3, 0.4) is 0 Å². The molecule has 8 aromatic carbocycles. The highest BCUT2D eigenvalue weighted by Crippen LogP contribution is 2.21. The number of hydrogen-bond donors (Lipinski definition) is 0. The quantitative estimate of drug-likeness (QED) is 0.0757. The molecule has 0 aliphatic carbocycles. The molecular formula is C89H114. The van der Waals surface area contributed by atoms with E-state index in [4.69, 9.17) is 0 Å². The first-order valence-corrected chi connectivity index (χ1v) is 32.8. The molecule has 89 heavy (non-hydrogen) atoms. The Morgan fingerprint density at radius 1 is 0.247 bits per heavy atom. The molecule has 0 N–H and O–H groups in total. The van der Waals surface area contributed by atoms with E-state index in [2.05, 4.69) is 301 Å². The molecule has 0 bridgehead atoms. The van der Waals surface area contributed by atoms with E-state index >= 15 is 0 Å². The van der Waals surface area contributed by atoms with Gasteiger partial charge >= 0.3 is 0 Å². The van der Waals surface area contributed by atoms with Crippen molar-refractivity contribution in [3.63, 3.8) is 0 Å². The minimum absolute atomic E-state index is 1.09. The van der Waals surface area contributed by atoms with Crippen molar-refractivity contribution in [1.82, 2.24) is 0 Å². The Balaban J connectivity index is 0.000000509. The molecule has 8 aromatic rings. The fourth-order valence-electron chi connectivity index (χ4n) is 10.3. The minimum atomic E-state index is 1.09. The molecule has 0 nitrogen and oxygen atoms in total. The van der Waals surface area contributed by atoms with E-state index in [0.717, 1.165) is 70.6 Å². The van der Waals surface area contributed by atoms with Crippen LogP contribution in [0.25, 0.3) is 48.6 Å². The SMILES string of the molecule is C=Cc1c(C)cc(C)cc1C.C=Cc1c(CC)cccc1CC.C=Cc1cc(CC)cc(CC)c1.C=Cc1ccc(CC)cc1.C=Cc1ccc(CC)cc1CC.C=Cc1cccc(CC)c1.C=Cc1cccc(CC)c1CC.C=Cc1ccccc1CC. The summed E-state index contributed by atoms with van der Waals surface area (Å²) in [4.78, 5) is 0. The van der Waals surface area contributed by atoms with E-state index in [1.807, 2.05) is 54.7 Å². The molecule has 0 amide bonds. The highest BCUT2D eigenvalue weighted by atomic mass is 14.1. The summed E-state index contributed by atoms with van der Waals surface area (Å²) < 4.78 is 0. The van der Waals surface area contributed by atoms with Gasteiger partial charge in [0.15, 0.2) is 0 Å². The molecule has 0 aromatic heterocycles. The first-order chi connectivity index (χ1) is 43.0. The van der Waals surface area contributed by atoms with Crippen LogP contribution in [0.1, 0.15) is 199 Å². The van der Waals surface area contributed by atoms with Crippen LogP contribution in [0, 0.1) is 20.8 Å². The van der Waals surface area contributed by atoms with Crippen molar-refractivity contribution in [2.75, 3.05) is 0 Å². The van der Waals surface area contributed by atoms with Gasteiger partial charge in [-0.25, -0.2) is 0 Å². The van der Waals surface area contributed by atoms with E-state index in [9.17, 15) is 0 Å². The summed E-state index contributed by atoms with van der Waals surface area (Å²) >= 11 is 0. The van der Waals surface area contributed by atoms with Gasteiger partial charge in [-0.05, 0) is 208 Å². The van der Waals surface area contributed by atoms with E-state index in [1.54, 1.807) is 0 Å². The lowest BCUT2D eigenvalue weighted by Crippen LogP contribution is -1.93. The molecule has 8 rings (SSSR count). The number of hydrogen-bond acceptors (Lipinski definition) is 0. The van der Waals surface area contributed by atoms with Crippen molar-refractivity contribution in [3.8, 4) is 0 Å². The number of aryl methyl sites for hydroxylation is 13. The van der Waals surface area contributed by atoms with E-state index in [-0.39, 0.29) is 0 Å². The Bertz CT molecular complexity index is 3310. The summed E-state index contributed by atoms with van der Waals surface area (Å²) in [6, 6.07) is 55.8. The van der Waals surface area contributed by atoms with Crippen LogP contribution in [0.5, 0.6) is 0 Å². The van der Waals surface area contributed by atoms with Gasteiger partial charge in [-0.1, -0.05) is 341 Å². The Morgan fingerprint density at radius 2 is 0.652 bits per heavy atom. The monoisotopic (exact) mass is 1180 g/mol. The maximum absolute atomic E-state index is 3.85. The minimum Gasteiger partial charge on any atom is -0.0985 e. The fraction of sp³-hybridized carbons (Fsp3) is 0.281. The highest BCUT2D eigenvalue weighted by molar-refractivity contribution is 5.59. The molecule has 0 atom stereocenters. The Hall–Kier alpha value is -8.32. The van der Waals surface area contributed by atoms with Gasteiger partial charge in [0, 0.05) is 0 Å². The van der Waals surface area contributed by atoms with Gasteiger partial charge in [0.25, 0.3) is 0 Å². The van der Waals surface area contributed by atoms with Gasteiger partial charge in [-0.15, -0.1) is 0 Å². The summed E-state index contributed by atoms with van der Waals surface area (Å²) in [7, 11) is 0. The second-order valence-corrected chi connectivity index (χ2v) is 21.6. The summed E-state index contributed by atoms with van der Waals surface area (Å²) in [5.74, 6) is 0. The maximum Gasteiger partial charge on any atom is -0.0199 e. The van der Waals surface area contributed by atoms with Crippen molar-refractivity contribution in [2.24, 2.45) is 0 Å². The van der Waals surface area contributed by atoms with Crippen LogP contribution >= 0.6 is 0 Å². The van der Waals surface area contributed by atoms with E-state index < -0.39 is 0 Å². The normalized spacial score (nSPS) is 9.64.